The van der Waals surface area contributed by atoms with E-state index in [2.05, 4.69) is 0 Å². The Labute approximate surface area is 114 Å². The quantitative estimate of drug-likeness (QED) is 0.570. The smallest absolute Gasteiger partial charge is 0.163 e. The maximum absolute atomic E-state index is 11.4. The number of rotatable bonds is 7. The molecule has 0 amide bonds. The summed E-state index contributed by atoms with van der Waals surface area (Å²) < 4.78 is 28.2. The highest BCUT2D eigenvalue weighted by molar-refractivity contribution is 7.91. The average molecular weight is 284 g/mol. The lowest BCUT2D eigenvalue weighted by molar-refractivity contribution is 0.101. The second-order valence-electron chi connectivity index (χ2n) is 4.49. The number of benzene rings is 1. The first-order valence-corrected chi connectivity index (χ1v) is 8.12. The number of Topliss-reactive ketones (excluding diaryl/α,β-unsaturated/α-hetero) is 1. The van der Waals surface area contributed by atoms with Crippen molar-refractivity contribution in [2.24, 2.45) is 0 Å². The van der Waals surface area contributed by atoms with Crippen molar-refractivity contribution in [1.82, 2.24) is 0 Å². The van der Waals surface area contributed by atoms with Crippen LogP contribution in [0.3, 0.4) is 0 Å². The van der Waals surface area contributed by atoms with Gasteiger partial charge in [-0.15, -0.1) is 0 Å². The van der Waals surface area contributed by atoms with Crippen LogP contribution in [0.25, 0.3) is 0 Å². The lowest BCUT2D eigenvalue weighted by Gasteiger charge is -2.10. The van der Waals surface area contributed by atoms with E-state index in [4.69, 9.17) is 4.74 Å². The lowest BCUT2D eigenvalue weighted by Crippen LogP contribution is -2.12. The van der Waals surface area contributed by atoms with Crippen LogP contribution in [0.15, 0.2) is 18.2 Å². The van der Waals surface area contributed by atoms with Crippen LogP contribution in [0, 0.1) is 6.92 Å². The molecule has 1 aromatic rings. The van der Waals surface area contributed by atoms with Gasteiger partial charge in [-0.05, 0) is 38.0 Å². The topological polar surface area (TPSA) is 60.4 Å². The highest BCUT2D eigenvalue weighted by atomic mass is 32.2. The Hall–Kier alpha value is -1.36. The summed E-state index contributed by atoms with van der Waals surface area (Å²) in [6.07, 6.45) is 0.432. The Morgan fingerprint density at radius 3 is 2.58 bits per heavy atom. The molecule has 0 N–H and O–H groups in total. The molecule has 0 aliphatic carbocycles. The maximum atomic E-state index is 11.4. The van der Waals surface area contributed by atoms with Crippen molar-refractivity contribution in [3.05, 3.63) is 29.3 Å². The second kappa shape index (κ2) is 6.70. The lowest BCUT2D eigenvalue weighted by atomic mass is 10.1. The van der Waals surface area contributed by atoms with Crippen molar-refractivity contribution < 1.29 is 17.9 Å². The number of carbonyl (C=O) groups is 1. The zero-order valence-corrected chi connectivity index (χ0v) is 12.4. The van der Waals surface area contributed by atoms with E-state index in [0.29, 0.717) is 24.3 Å². The molecule has 0 spiro atoms. The van der Waals surface area contributed by atoms with Crippen LogP contribution in [0.5, 0.6) is 5.75 Å². The predicted molar refractivity (Wildman–Crippen MR) is 75.6 cm³/mol. The van der Waals surface area contributed by atoms with Gasteiger partial charge in [-0.3, -0.25) is 4.79 Å². The third-order valence-electron chi connectivity index (χ3n) is 2.81. The fourth-order valence-electron chi connectivity index (χ4n) is 1.65. The van der Waals surface area contributed by atoms with Gasteiger partial charge < -0.3 is 4.74 Å². The van der Waals surface area contributed by atoms with Gasteiger partial charge in [-0.1, -0.05) is 13.0 Å². The molecule has 0 aliphatic heterocycles. The maximum Gasteiger partial charge on any atom is 0.163 e. The van der Waals surface area contributed by atoms with Crippen LogP contribution in [-0.4, -0.2) is 32.3 Å². The number of sulfone groups is 1. The minimum atomic E-state index is -2.96. The van der Waals surface area contributed by atoms with Gasteiger partial charge in [-0.25, -0.2) is 8.42 Å². The first kappa shape index (κ1) is 15.7. The molecule has 1 aromatic carbocycles. The van der Waals surface area contributed by atoms with Crippen LogP contribution < -0.4 is 4.74 Å². The van der Waals surface area contributed by atoms with Crippen LogP contribution >= 0.6 is 0 Å². The van der Waals surface area contributed by atoms with Gasteiger partial charge in [0.15, 0.2) is 5.78 Å². The Balaban J connectivity index is 2.63. The molecule has 0 fully saturated rings. The second-order valence-corrected chi connectivity index (χ2v) is 6.97. The third-order valence-corrected chi connectivity index (χ3v) is 4.60. The Morgan fingerprint density at radius 1 is 1.32 bits per heavy atom. The van der Waals surface area contributed by atoms with Crippen LogP contribution in [-0.2, 0) is 9.84 Å². The molecule has 0 atom stereocenters. The molecular weight excluding hydrogens is 264 g/mol. The van der Waals surface area contributed by atoms with E-state index in [9.17, 15) is 13.2 Å². The third kappa shape index (κ3) is 5.03. The summed E-state index contributed by atoms with van der Waals surface area (Å²) in [7, 11) is -2.96. The van der Waals surface area contributed by atoms with Crippen LogP contribution in [0.2, 0.25) is 0 Å². The molecule has 0 saturated carbocycles. The van der Waals surface area contributed by atoms with Crippen molar-refractivity contribution >= 4 is 15.6 Å². The molecule has 106 valence electrons. The summed E-state index contributed by atoms with van der Waals surface area (Å²) in [5.41, 5.74) is 1.53. The molecule has 0 saturated heterocycles. The Morgan fingerprint density at radius 2 is 2.00 bits per heavy atom. The molecule has 0 aliphatic rings. The molecule has 0 aromatic heterocycles. The number of aryl methyl sites for hydroxylation is 1. The van der Waals surface area contributed by atoms with Gasteiger partial charge >= 0.3 is 0 Å². The van der Waals surface area contributed by atoms with E-state index in [-0.39, 0.29) is 17.3 Å². The van der Waals surface area contributed by atoms with E-state index >= 15 is 0 Å². The first-order valence-electron chi connectivity index (χ1n) is 6.30. The monoisotopic (exact) mass is 284 g/mol. The fraction of sp³-hybridized carbons (Fsp3) is 0.500. The standard InChI is InChI=1S/C14H20O4S/c1-4-19(16,17)9-5-8-18-14-10-11(2)6-7-13(14)12(3)15/h6-7,10H,4-5,8-9H2,1-3H3. The van der Waals surface area contributed by atoms with E-state index < -0.39 is 9.84 Å². The molecule has 0 unspecified atom stereocenters. The minimum absolute atomic E-state index is 0.0591. The molecule has 19 heavy (non-hydrogen) atoms. The molecule has 1 rings (SSSR count). The number of hydrogen-bond donors (Lipinski definition) is 0. The molecular formula is C14H20O4S. The summed E-state index contributed by atoms with van der Waals surface area (Å²) in [6, 6.07) is 5.38. The van der Waals surface area contributed by atoms with E-state index in [1.165, 1.54) is 6.92 Å². The first-order chi connectivity index (χ1) is 8.85. The highest BCUT2D eigenvalue weighted by Crippen LogP contribution is 2.21. The van der Waals surface area contributed by atoms with E-state index in [1.807, 2.05) is 13.0 Å². The highest BCUT2D eigenvalue weighted by Gasteiger charge is 2.10. The summed E-state index contributed by atoms with van der Waals surface area (Å²) >= 11 is 0. The SMILES string of the molecule is CCS(=O)(=O)CCCOc1cc(C)ccc1C(C)=O. The van der Waals surface area contributed by atoms with Crippen molar-refractivity contribution in [3.63, 3.8) is 0 Å². The van der Waals surface area contributed by atoms with Gasteiger partial charge in [0, 0.05) is 5.75 Å². The number of ketones is 1. The van der Waals surface area contributed by atoms with Crippen molar-refractivity contribution in [3.8, 4) is 5.75 Å². The molecule has 0 heterocycles. The van der Waals surface area contributed by atoms with E-state index in [1.54, 1.807) is 19.1 Å². The zero-order chi connectivity index (χ0) is 14.5. The average Bonchev–Trinajstić information content (AvgIpc) is 2.34. The van der Waals surface area contributed by atoms with Gasteiger partial charge in [0.05, 0.1) is 17.9 Å². The minimum Gasteiger partial charge on any atom is -0.493 e. The summed E-state index contributed by atoms with van der Waals surface area (Å²) in [6.45, 7) is 5.32. The van der Waals surface area contributed by atoms with Gasteiger partial charge in [-0.2, -0.15) is 0 Å². The van der Waals surface area contributed by atoms with Gasteiger partial charge in [0.2, 0.25) is 0 Å². The normalized spacial score (nSPS) is 11.3. The summed E-state index contributed by atoms with van der Waals surface area (Å²) in [4.78, 5) is 11.4. The van der Waals surface area contributed by atoms with Gasteiger partial charge in [0.25, 0.3) is 0 Å². The predicted octanol–water partition coefficient (Wildman–Crippen LogP) is 2.40. The van der Waals surface area contributed by atoms with Crippen molar-refractivity contribution in [2.45, 2.75) is 27.2 Å². The number of carbonyl (C=O) groups excluding carboxylic acids is 1. The summed E-state index contributed by atoms with van der Waals surface area (Å²) in [5, 5.41) is 0. The molecule has 4 nitrogen and oxygen atoms in total. The zero-order valence-electron chi connectivity index (χ0n) is 11.6. The van der Waals surface area contributed by atoms with E-state index in [0.717, 1.165) is 5.56 Å². The van der Waals surface area contributed by atoms with Crippen molar-refractivity contribution in [1.29, 1.82) is 0 Å². The van der Waals surface area contributed by atoms with Crippen molar-refractivity contribution in [2.75, 3.05) is 18.1 Å². The molecule has 0 radical (unpaired) electrons. The molecule has 0 bridgehead atoms. The largest absolute Gasteiger partial charge is 0.493 e. The number of ether oxygens (including phenoxy) is 1. The van der Waals surface area contributed by atoms with Gasteiger partial charge in [0.1, 0.15) is 15.6 Å². The van der Waals surface area contributed by atoms with Crippen LogP contribution in [0.1, 0.15) is 36.2 Å². The molecule has 5 heteroatoms. The fourth-order valence-corrected chi connectivity index (χ4v) is 2.49. The summed E-state index contributed by atoms with van der Waals surface area (Å²) in [5.74, 6) is 0.735. The Kier molecular flexibility index (Phi) is 5.54. The van der Waals surface area contributed by atoms with Crippen LogP contribution in [0.4, 0.5) is 0 Å². The Bertz CT molecular complexity index is 547. The number of hydrogen-bond acceptors (Lipinski definition) is 4.